The highest BCUT2D eigenvalue weighted by molar-refractivity contribution is 6.34. The zero-order chi connectivity index (χ0) is 13.4. The van der Waals surface area contributed by atoms with E-state index in [1.165, 1.54) is 0 Å². The fourth-order valence-corrected chi connectivity index (χ4v) is 2.15. The second-order valence-corrected chi connectivity index (χ2v) is 4.53. The molecule has 1 aliphatic rings. The lowest BCUT2D eigenvalue weighted by Crippen LogP contribution is -2.26. The van der Waals surface area contributed by atoms with Crippen molar-refractivity contribution in [2.24, 2.45) is 5.92 Å². The van der Waals surface area contributed by atoms with E-state index < -0.39 is 28.8 Å². The Hall–Kier alpha value is -1.40. The van der Waals surface area contributed by atoms with Gasteiger partial charge in [-0.1, -0.05) is 23.2 Å². The number of aliphatic carboxylic acids is 1. The average Bonchev–Trinajstić information content (AvgIpc) is 2.66. The van der Waals surface area contributed by atoms with Crippen molar-refractivity contribution in [2.75, 3.05) is 11.4 Å². The lowest BCUT2D eigenvalue weighted by molar-refractivity contribution is -0.141. The molecule has 0 radical (unpaired) electrons. The van der Waals surface area contributed by atoms with Crippen LogP contribution in [0.3, 0.4) is 0 Å². The number of carbonyl (C=O) groups is 2. The summed E-state index contributed by atoms with van der Waals surface area (Å²) in [6, 6.07) is 0.972. The van der Waals surface area contributed by atoms with Crippen LogP contribution in [0.4, 0.5) is 10.1 Å². The number of amides is 1. The summed E-state index contributed by atoms with van der Waals surface area (Å²) in [6.07, 6.45) is -0.143. The summed E-state index contributed by atoms with van der Waals surface area (Å²) in [5.41, 5.74) is 0.0346. The minimum atomic E-state index is -1.08. The lowest BCUT2D eigenvalue weighted by Gasteiger charge is -2.17. The molecule has 2 heterocycles. The molecule has 1 aromatic rings. The van der Waals surface area contributed by atoms with Gasteiger partial charge in [-0.15, -0.1) is 0 Å². The van der Waals surface area contributed by atoms with Gasteiger partial charge in [0.1, 0.15) is 0 Å². The van der Waals surface area contributed by atoms with Crippen LogP contribution in [0, 0.1) is 11.7 Å². The van der Waals surface area contributed by atoms with E-state index >= 15 is 0 Å². The zero-order valence-corrected chi connectivity index (χ0v) is 10.4. The van der Waals surface area contributed by atoms with Crippen molar-refractivity contribution in [1.29, 1.82) is 0 Å². The molecule has 18 heavy (non-hydrogen) atoms. The van der Waals surface area contributed by atoms with E-state index in [4.69, 9.17) is 28.3 Å². The largest absolute Gasteiger partial charge is 0.481 e. The molecular weight excluding hydrogens is 286 g/mol. The fraction of sp³-hybridized carbons (Fsp3) is 0.300. The van der Waals surface area contributed by atoms with Crippen LogP contribution < -0.4 is 4.90 Å². The number of carboxylic acid groups (broad SMARTS) is 1. The Balaban J connectivity index is 2.35. The number of carboxylic acids is 1. The van der Waals surface area contributed by atoms with Gasteiger partial charge in [-0.2, -0.15) is 0 Å². The van der Waals surface area contributed by atoms with E-state index in [-0.39, 0.29) is 23.8 Å². The van der Waals surface area contributed by atoms with Crippen molar-refractivity contribution in [1.82, 2.24) is 4.98 Å². The standard InChI is InChI=1S/C10H7Cl2FN2O3/c11-8-5(13)2-6(9(12)14-8)15-3-4(10(17)18)1-7(15)16/h2,4H,1,3H2,(H,17,18). The Bertz CT molecular complexity index is 538. The number of pyridine rings is 1. The van der Waals surface area contributed by atoms with Crippen LogP contribution in [0.5, 0.6) is 0 Å². The van der Waals surface area contributed by atoms with Gasteiger partial charge in [0.05, 0.1) is 11.6 Å². The van der Waals surface area contributed by atoms with Crippen molar-refractivity contribution in [2.45, 2.75) is 6.42 Å². The average molecular weight is 293 g/mol. The number of nitrogens with zero attached hydrogens (tertiary/aromatic N) is 2. The number of hydrogen-bond donors (Lipinski definition) is 1. The van der Waals surface area contributed by atoms with Gasteiger partial charge in [0.2, 0.25) is 5.91 Å². The monoisotopic (exact) mass is 292 g/mol. The summed E-state index contributed by atoms with van der Waals surface area (Å²) >= 11 is 11.2. The second kappa shape index (κ2) is 4.70. The third-order valence-corrected chi connectivity index (χ3v) is 3.18. The molecule has 0 bridgehead atoms. The van der Waals surface area contributed by atoms with Crippen molar-refractivity contribution < 1.29 is 19.1 Å². The van der Waals surface area contributed by atoms with Crippen LogP contribution in [-0.4, -0.2) is 28.5 Å². The zero-order valence-electron chi connectivity index (χ0n) is 8.86. The number of anilines is 1. The Morgan fingerprint density at radius 3 is 2.72 bits per heavy atom. The molecule has 8 heteroatoms. The molecule has 1 aromatic heterocycles. The highest BCUT2D eigenvalue weighted by atomic mass is 35.5. The molecule has 5 nitrogen and oxygen atoms in total. The Morgan fingerprint density at radius 1 is 1.50 bits per heavy atom. The van der Waals surface area contributed by atoms with E-state index in [1.807, 2.05) is 0 Å². The van der Waals surface area contributed by atoms with Crippen LogP contribution in [0.2, 0.25) is 10.3 Å². The first-order valence-electron chi connectivity index (χ1n) is 4.95. The maximum atomic E-state index is 13.3. The van der Waals surface area contributed by atoms with Crippen molar-refractivity contribution in [3.05, 3.63) is 22.2 Å². The van der Waals surface area contributed by atoms with E-state index in [9.17, 15) is 14.0 Å². The maximum Gasteiger partial charge on any atom is 0.308 e. The molecule has 0 aliphatic carbocycles. The Labute approximate surface area is 111 Å². The molecule has 1 atom stereocenters. The molecular formula is C10H7Cl2FN2O3. The molecule has 0 aromatic carbocycles. The highest BCUT2D eigenvalue weighted by Crippen LogP contribution is 2.32. The van der Waals surface area contributed by atoms with Crippen LogP contribution in [0.15, 0.2) is 6.07 Å². The third-order valence-electron chi connectivity index (χ3n) is 2.63. The van der Waals surface area contributed by atoms with Crippen LogP contribution >= 0.6 is 23.2 Å². The lowest BCUT2D eigenvalue weighted by atomic mass is 10.1. The summed E-state index contributed by atoms with van der Waals surface area (Å²) in [5.74, 6) is -3.16. The molecule has 1 saturated heterocycles. The van der Waals surface area contributed by atoms with E-state index in [1.54, 1.807) is 0 Å². The summed E-state index contributed by atoms with van der Waals surface area (Å²) in [5, 5.41) is 8.30. The van der Waals surface area contributed by atoms with E-state index in [0.717, 1.165) is 11.0 Å². The van der Waals surface area contributed by atoms with Gasteiger partial charge < -0.3 is 10.0 Å². The van der Waals surface area contributed by atoms with Gasteiger partial charge in [0.25, 0.3) is 0 Å². The number of rotatable bonds is 2. The smallest absolute Gasteiger partial charge is 0.308 e. The third kappa shape index (κ3) is 2.26. The number of hydrogen-bond acceptors (Lipinski definition) is 3. The highest BCUT2D eigenvalue weighted by Gasteiger charge is 2.36. The molecule has 0 spiro atoms. The van der Waals surface area contributed by atoms with Gasteiger partial charge in [0, 0.05) is 19.0 Å². The minimum absolute atomic E-state index is 0.0346. The van der Waals surface area contributed by atoms with Gasteiger partial charge in [-0.05, 0) is 0 Å². The van der Waals surface area contributed by atoms with Gasteiger partial charge in [0.15, 0.2) is 16.1 Å². The number of carbonyl (C=O) groups excluding carboxylic acids is 1. The summed E-state index contributed by atoms with van der Waals surface area (Å²) in [6.45, 7) is -0.0589. The fourth-order valence-electron chi connectivity index (χ4n) is 1.73. The second-order valence-electron chi connectivity index (χ2n) is 3.81. The predicted molar refractivity (Wildman–Crippen MR) is 62.3 cm³/mol. The quantitative estimate of drug-likeness (QED) is 0.846. The van der Waals surface area contributed by atoms with Gasteiger partial charge in [-0.25, -0.2) is 9.37 Å². The maximum absolute atomic E-state index is 13.3. The predicted octanol–water partition coefficient (Wildman–Crippen LogP) is 1.97. The minimum Gasteiger partial charge on any atom is -0.481 e. The number of aromatic nitrogens is 1. The van der Waals surface area contributed by atoms with Crippen LogP contribution in [0.1, 0.15) is 6.42 Å². The topological polar surface area (TPSA) is 70.5 Å². The van der Waals surface area contributed by atoms with E-state index in [0.29, 0.717) is 0 Å². The number of halogens is 3. The van der Waals surface area contributed by atoms with Crippen molar-refractivity contribution in [3.63, 3.8) is 0 Å². The SMILES string of the molecule is O=C(O)C1CC(=O)N(c2cc(F)c(Cl)nc2Cl)C1. The molecule has 1 N–H and O–H groups in total. The van der Waals surface area contributed by atoms with Crippen molar-refractivity contribution >= 4 is 40.8 Å². The van der Waals surface area contributed by atoms with Crippen molar-refractivity contribution in [3.8, 4) is 0 Å². The summed E-state index contributed by atoms with van der Waals surface area (Å²) in [4.78, 5) is 27.1. The van der Waals surface area contributed by atoms with Crippen LogP contribution in [0.25, 0.3) is 0 Å². The molecule has 96 valence electrons. The molecule has 1 unspecified atom stereocenters. The first-order valence-corrected chi connectivity index (χ1v) is 5.70. The first-order chi connectivity index (χ1) is 8.40. The first kappa shape index (κ1) is 13.0. The summed E-state index contributed by atoms with van der Waals surface area (Å²) < 4.78 is 13.3. The van der Waals surface area contributed by atoms with E-state index in [2.05, 4.69) is 4.98 Å². The van der Waals surface area contributed by atoms with Crippen LogP contribution in [-0.2, 0) is 9.59 Å². The summed E-state index contributed by atoms with van der Waals surface area (Å²) in [7, 11) is 0. The van der Waals surface area contributed by atoms with Gasteiger partial charge >= 0.3 is 5.97 Å². The molecule has 1 aliphatic heterocycles. The molecule has 1 fully saturated rings. The molecule has 2 rings (SSSR count). The normalized spacial score (nSPS) is 19.4. The molecule has 0 saturated carbocycles. The van der Waals surface area contributed by atoms with Gasteiger partial charge in [-0.3, -0.25) is 9.59 Å². The Morgan fingerprint density at radius 2 is 2.17 bits per heavy atom. The molecule has 1 amide bonds. The Kier molecular flexibility index (Phi) is 3.41.